The van der Waals surface area contributed by atoms with Crippen LogP contribution in [0.5, 0.6) is 0 Å². The molecule has 0 saturated heterocycles. The molecule has 0 fully saturated rings. The first-order valence-electron chi connectivity index (χ1n) is 4.97. The highest BCUT2D eigenvalue weighted by Gasteiger charge is 2.11. The number of benzene rings is 1. The van der Waals surface area contributed by atoms with Crippen molar-refractivity contribution in [3.05, 3.63) is 53.1 Å². The summed E-state index contributed by atoms with van der Waals surface area (Å²) in [5, 5.41) is 12.0. The number of hydrogen-bond acceptors (Lipinski definition) is 3. The van der Waals surface area contributed by atoms with Gasteiger partial charge in [0.2, 0.25) is 0 Å². The lowest BCUT2D eigenvalue weighted by Crippen LogP contribution is -2.03. The summed E-state index contributed by atoms with van der Waals surface area (Å²) in [5.41, 5.74) is 0.577. The summed E-state index contributed by atoms with van der Waals surface area (Å²) in [7, 11) is 0. The lowest BCUT2D eigenvalue weighted by atomic mass is 10.2. The van der Waals surface area contributed by atoms with E-state index in [1.165, 1.54) is 36.7 Å². The van der Waals surface area contributed by atoms with Crippen LogP contribution in [0, 0.1) is 5.82 Å². The number of nitrogens with one attached hydrogen (secondary N) is 1. The van der Waals surface area contributed by atoms with E-state index in [-0.39, 0.29) is 5.56 Å². The van der Waals surface area contributed by atoms with Crippen LogP contribution in [0.2, 0.25) is 5.02 Å². The van der Waals surface area contributed by atoms with E-state index in [0.717, 1.165) is 0 Å². The summed E-state index contributed by atoms with van der Waals surface area (Å²) < 4.78 is 13.1. The zero-order valence-electron chi connectivity index (χ0n) is 9.02. The highest BCUT2D eigenvalue weighted by Crippen LogP contribution is 2.27. The number of aromatic nitrogens is 1. The number of rotatable bonds is 3. The van der Waals surface area contributed by atoms with Crippen LogP contribution in [0.3, 0.4) is 0 Å². The molecule has 0 atom stereocenters. The molecule has 0 unspecified atom stereocenters. The standard InChI is InChI=1S/C12H8ClFN2O2/c13-9-2-1-7(14)5-11(9)16-10-3-4-15-6-8(10)12(17)18/h1-6H,(H,15,16)(H,17,18). The van der Waals surface area contributed by atoms with Gasteiger partial charge in [-0.3, -0.25) is 4.98 Å². The molecular weight excluding hydrogens is 259 g/mol. The molecule has 92 valence electrons. The zero-order chi connectivity index (χ0) is 13.1. The number of aromatic carboxylic acids is 1. The molecule has 1 aromatic carbocycles. The van der Waals surface area contributed by atoms with Gasteiger partial charge in [0.05, 0.1) is 16.4 Å². The molecule has 4 nitrogen and oxygen atoms in total. The number of carboxylic acid groups (broad SMARTS) is 1. The molecule has 0 aliphatic heterocycles. The molecule has 0 aliphatic rings. The molecule has 1 heterocycles. The van der Waals surface area contributed by atoms with Crippen molar-refractivity contribution in [3.63, 3.8) is 0 Å². The minimum atomic E-state index is -1.13. The molecule has 0 saturated carbocycles. The van der Waals surface area contributed by atoms with Crippen LogP contribution < -0.4 is 5.32 Å². The maximum atomic E-state index is 13.1. The van der Waals surface area contributed by atoms with Crippen molar-refractivity contribution in [1.82, 2.24) is 4.98 Å². The minimum Gasteiger partial charge on any atom is -0.478 e. The molecule has 1 aromatic heterocycles. The number of halogens is 2. The Kier molecular flexibility index (Phi) is 3.43. The average molecular weight is 267 g/mol. The SMILES string of the molecule is O=C(O)c1cnccc1Nc1cc(F)ccc1Cl. The molecule has 0 bridgehead atoms. The normalized spacial score (nSPS) is 10.1. The molecule has 0 aliphatic carbocycles. The van der Waals surface area contributed by atoms with Crippen LogP contribution in [0.25, 0.3) is 0 Å². The van der Waals surface area contributed by atoms with Gasteiger partial charge in [0, 0.05) is 12.4 Å². The lowest BCUT2D eigenvalue weighted by Gasteiger charge is -2.10. The van der Waals surface area contributed by atoms with Crippen molar-refractivity contribution in [2.75, 3.05) is 5.32 Å². The van der Waals surface area contributed by atoms with Gasteiger partial charge in [-0.25, -0.2) is 9.18 Å². The first kappa shape index (κ1) is 12.3. The van der Waals surface area contributed by atoms with Gasteiger partial charge in [-0.15, -0.1) is 0 Å². The van der Waals surface area contributed by atoms with Crippen molar-refractivity contribution < 1.29 is 14.3 Å². The molecule has 0 amide bonds. The number of nitrogens with zero attached hydrogens (tertiary/aromatic N) is 1. The molecular formula is C12H8ClFN2O2. The number of carbonyl (C=O) groups is 1. The second-order valence-electron chi connectivity index (χ2n) is 3.48. The van der Waals surface area contributed by atoms with Gasteiger partial charge in [0.25, 0.3) is 0 Å². The van der Waals surface area contributed by atoms with Crippen LogP contribution >= 0.6 is 11.6 Å². The Morgan fingerprint density at radius 3 is 2.83 bits per heavy atom. The summed E-state index contributed by atoms with van der Waals surface area (Å²) >= 11 is 5.89. The van der Waals surface area contributed by atoms with Gasteiger partial charge in [-0.1, -0.05) is 11.6 Å². The third-order valence-electron chi connectivity index (χ3n) is 2.25. The first-order chi connectivity index (χ1) is 8.58. The van der Waals surface area contributed by atoms with Crippen LogP contribution in [-0.4, -0.2) is 16.1 Å². The minimum absolute atomic E-state index is 0.0159. The summed E-state index contributed by atoms with van der Waals surface area (Å²) in [4.78, 5) is 14.7. The van der Waals surface area contributed by atoms with E-state index in [1.54, 1.807) is 0 Å². The van der Waals surface area contributed by atoms with Gasteiger partial charge in [0.1, 0.15) is 11.4 Å². The van der Waals surface area contributed by atoms with Gasteiger partial charge in [-0.05, 0) is 24.3 Å². The predicted octanol–water partition coefficient (Wildman–Crippen LogP) is 3.32. The highest BCUT2D eigenvalue weighted by molar-refractivity contribution is 6.33. The quantitative estimate of drug-likeness (QED) is 0.895. The van der Waals surface area contributed by atoms with E-state index < -0.39 is 11.8 Å². The molecule has 6 heteroatoms. The van der Waals surface area contributed by atoms with E-state index in [4.69, 9.17) is 16.7 Å². The Balaban J connectivity index is 2.40. The smallest absolute Gasteiger partial charge is 0.339 e. The molecule has 18 heavy (non-hydrogen) atoms. The third kappa shape index (κ3) is 2.57. The van der Waals surface area contributed by atoms with Gasteiger partial charge in [0.15, 0.2) is 0 Å². The van der Waals surface area contributed by atoms with Gasteiger partial charge in [-0.2, -0.15) is 0 Å². The number of anilines is 2. The fourth-order valence-corrected chi connectivity index (χ4v) is 1.58. The van der Waals surface area contributed by atoms with Crippen LogP contribution in [0.15, 0.2) is 36.7 Å². The summed E-state index contributed by atoms with van der Waals surface area (Å²) in [6.45, 7) is 0. The van der Waals surface area contributed by atoms with E-state index in [0.29, 0.717) is 16.4 Å². The maximum absolute atomic E-state index is 13.1. The largest absolute Gasteiger partial charge is 0.478 e. The highest BCUT2D eigenvalue weighted by atomic mass is 35.5. The Morgan fingerprint density at radius 1 is 1.33 bits per heavy atom. The van der Waals surface area contributed by atoms with Crippen molar-refractivity contribution in [2.24, 2.45) is 0 Å². The Labute approximate surface area is 107 Å². The Hall–Kier alpha value is -2.14. The predicted molar refractivity (Wildman–Crippen MR) is 65.9 cm³/mol. The summed E-state index contributed by atoms with van der Waals surface area (Å²) in [6, 6.07) is 5.28. The van der Waals surface area contributed by atoms with Crippen molar-refractivity contribution in [2.45, 2.75) is 0 Å². The van der Waals surface area contributed by atoms with Crippen molar-refractivity contribution >= 4 is 28.9 Å². The van der Waals surface area contributed by atoms with E-state index in [2.05, 4.69) is 10.3 Å². The summed E-state index contributed by atoms with van der Waals surface area (Å²) in [5.74, 6) is -1.59. The van der Waals surface area contributed by atoms with Crippen LogP contribution in [0.1, 0.15) is 10.4 Å². The Bertz CT molecular complexity index is 604. The monoisotopic (exact) mass is 266 g/mol. The third-order valence-corrected chi connectivity index (χ3v) is 2.58. The molecule has 0 radical (unpaired) electrons. The molecule has 2 N–H and O–H groups in total. The fraction of sp³-hybridized carbons (Fsp3) is 0. The Morgan fingerprint density at radius 2 is 2.11 bits per heavy atom. The second-order valence-corrected chi connectivity index (χ2v) is 3.88. The molecule has 2 aromatic rings. The topological polar surface area (TPSA) is 62.2 Å². The zero-order valence-corrected chi connectivity index (χ0v) is 9.78. The molecule has 0 spiro atoms. The average Bonchev–Trinajstić information content (AvgIpc) is 2.34. The second kappa shape index (κ2) is 5.01. The number of hydrogen-bond donors (Lipinski definition) is 2. The van der Waals surface area contributed by atoms with Crippen molar-refractivity contribution in [1.29, 1.82) is 0 Å². The van der Waals surface area contributed by atoms with Crippen LogP contribution in [0.4, 0.5) is 15.8 Å². The van der Waals surface area contributed by atoms with Crippen molar-refractivity contribution in [3.8, 4) is 0 Å². The number of carboxylic acids is 1. The first-order valence-corrected chi connectivity index (χ1v) is 5.35. The summed E-state index contributed by atoms with van der Waals surface area (Å²) in [6.07, 6.45) is 2.64. The number of pyridine rings is 1. The lowest BCUT2D eigenvalue weighted by molar-refractivity contribution is 0.0697. The van der Waals surface area contributed by atoms with E-state index in [9.17, 15) is 9.18 Å². The molecule has 2 rings (SSSR count). The maximum Gasteiger partial charge on any atom is 0.339 e. The van der Waals surface area contributed by atoms with Gasteiger partial charge < -0.3 is 10.4 Å². The fourth-order valence-electron chi connectivity index (χ4n) is 1.41. The van der Waals surface area contributed by atoms with E-state index in [1.807, 2.05) is 0 Å². The van der Waals surface area contributed by atoms with E-state index >= 15 is 0 Å². The van der Waals surface area contributed by atoms with Gasteiger partial charge >= 0.3 is 5.97 Å². The van der Waals surface area contributed by atoms with Crippen LogP contribution in [-0.2, 0) is 0 Å².